The van der Waals surface area contributed by atoms with Crippen LogP contribution in [0.15, 0.2) is 54.6 Å². The summed E-state index contributed by atoms with van der Waals surface area (Å²) >= 11 is 0. The van der Waals surface area contributed by atoms with Crippen LogP contribution in [0, 0.1) is 12.3 Å². The molecule has 0 heterocycles. The molecule has 3 rings (SSSR count). The summed E-state index contributed by atoms with van der Waals surface area (Å²) in [6.45, 7) is 4.55. The smallest absolute Gasteiger partial charge is 0.00995 e. The molecule has 0 radical (unpaired) electrons. The van der Waals surface area contributed by atoms with Gasteiger partial charge < -0.3 is 0 Å². The van der Waals surface area contributed by atoms with Crippen molar-refractivity contribution in [1.82, 2.24) is 0 Å². The van der Waals surface area contributed by atoms with E-state index in [0.717, 1.165) is 12.8 Å². The molecule has 2 aromatic carbocycles. The van der Waals surface area contributed by atoms with Crippen LogP contribution in [0.3, 0.4) is 0 Å². The lowest BCUT2D eigenvalue weighted by Crippen LogP contribution is -2.21. The zero-order valence-electron chi connectivity index (χ0n) is 12.4. The first-order chi connectivity index (χ1) is 9.65. The fourth-order valence-electron chi connectivity index (χ4n) is 3.06. The van der Waals surface area contributed by atoms with Crippen molar-refractivity contribution in [3.05, 3.63) is 76.9 Å². The zero-order valence-corrected chi connectivity index (χ0v) is 12.4. The lowest BCUT2D eigenvalue weighted by molar-refractivity contribution is 0.387. The summed E-state index contributed by atoms with van der Waals surface area (Å²) in [5.74, 6) is 0. The molecule has 0 amide bonds. The molecule has 1 aliphatic carbocycles. The first-order valence-electron chi connectivity index (χ1n) is 7.47. The van der Waals surface area contributed by atoms with Crippen LogP contribution in [0.1, 0.15) is 35.6 Å². The van der Waals surface area contributed by atoms with Gasteiger partial charge in [0, 0.05) is 0 Å². The minimum Gasteiger partial charge on any atom is -0.0776 e. The molecule has 0 bridgehead atoms. The Morgan fingerprint density at radius 2 is 1.85 bits per heavy atom. The van der Waals surface area contributed by atoms with Gasteiger partial charge in [0.25, 0.3) is 0 Å². The molecule has 0 saturated carbocycles. The number of hydrogen-bond acceptors (Lipinski definition) is 0. The van der Waals surface area contributed by atoms with E-state index in [0.29, 0.717) is 0 Å². The monoisotopic (exact) mass is 262 g/mol. The third-order valence-electron chi connectivity index (χ3n) is 4.39. The van der Waals surface area contributed by atoms with Crippen LogP contribution in [0.2, 0.25) is 0 Å². The topological polar surface area (TPSA) is 0 Å². The summed E-state index contributed by atoms with van der Waals surface area (Å²) in [4.78, 5) is 0. The van der Waals surface area contributed by atoms with E-state index in [1.165, 1.54) is 28.7 Å². The maximum atomic E-state index is 2.41. The van der Waals surface area contributed by atoms with Gasteiger partial charge in [0.1, 0.15) is 0 Å². The van der Waals surface area contributed by atoms with Crippen molar-refractivity contribution in [2.45, 2.75) is 33.1 Å². The molecular formula is C20H22. The second-order valence-corrected chi connectivity index (χ2v) is 6.35. The molecule has 20 heavy (non-hydrogen) atoms. The predicted octanol–water partition coefficient (Wildman–Crippen LogP) is 5.20. The molecule has 0 aliphatic heterocycles. The quantitative estimate of drug-likeness (QED) is 0.713. The van der Waals surface area contributed by atoms with Gasteiger partial charge in [-0.1, -0.05) is 73.2 Å². The van der Waals surface area contributed by atoms with Gasteiger partial charge in [0.2, 0.25) is 0 Å². The lowest BCUT2D eigenvalue weighted by Gasteiger charge is -2.30. The minimum atomic E-state index is 0.290. The second-order valence-electron chi connectivity index (χ2n) is 6.35. The molecule has 0 spiro atoms. The number of benzene rings is 2. The van der Waals surface area contributed by atoms with E-state index >= 15 is 0 Å². The summed E-state index contributed by atoms with van der Waals surface area (Å²) < 4.78 is 0. The molecule has 0 aromatic heterocycles. The molecule has 1 unspecified atom stereocenters. The van der Waals surface area contributed by atoms with Crippen LogP contribution in [0.4, 0.5) is 0 Å². The highest BCUT2D eigenvalue weighted by molar-refractivity contribution is 5.58. The molecule has 1 atom stereocenters. The van der Waals surface area contributed by atoms with Crippen LogP contribution < -0.4 is 0 Å². The Bertz CT molecular complexity index is 622. The Hall–Kier alpha value is -1.82. The minimum absolute atomic E-state index is 0.290. The Labute approximate surface area is 122 Å². The highest BCUT2D eigenvalue weighted by atomic mass is 14.3. The normalized spacial score (nSPS) is 20.7. The molecular weight excluding hydrogens is 240 g/mol. The van der Waals surface area contributed by atoms with Gasteiger partial charge in [-0.25, -0.2) is 0 Å². The fraction of sp³-hybridized carbons (Fsp3) is 0.300. The number of fused-ring (bicyclic) bond motifs is 1. The van der Waals surface area contributed by atoms with Crippen molar-refractivity contribution in [2.75, 3.05) is 0 Å². The van der Waals surface area contributed by atoms with Gasteiger partial charge >= 0.3 is 0 Å². The van der Waals surface area contributed by atoms with E-state index in [1.807, 2.05) is 0 Å². The molecule has 0 N–H and O–H groups in total. The number of rotatable bonds is 3. The summed E-state index contributed by atoms with van der Waals surface area (Å²) in [5.41, 5.74) is 5.98. The van der Waals surface area contributed by atoms with Gasteiger partial charge in [-0.2, -0.15) is 0 Å². The van der Waals surface area contributed by atoms with Crippen molar-refractivity contribution in [3.8, 4) is 0 Å². The van der Waals surface area contributed by atoms with Gasteiger partial charge in [0.05, 0.1) is 0 Å². The Morgan fingerprint density at radius 3 is 2.65 bits per heavy atom. The molecule has 1 aliphatic rings. The summed E-state index contributed by atoms with van der Waals surface area (Å²) in [6.07, 6.45) is 8.25. The van der Waals surface area contributed by atoms with E-state index in [9.17, 15) is 0 Å². The summed E-state index contributed by atoms with van der Waals surface area (Å²) in [7, 11) is 0. The highest BCUT2D eigenvalue weighted by Gasteiger charge is 2.25. The average Bonchev–Trinajstić information content (AvgIpc) is 2.47. The Morgan fingerprint density at radius 1 is 1.05 bits per heavy atom. The van der Waals surface area contributed by atoms with Gasteiger partial charge in [-0.15, -0.1) is 0 Å². The van der Waals surface area contributed by atoms with Crippen LogP contribution in [0.25, 0.3) is 6.08 Å². The average molecular weight is 262 g/mol. The van der Waals surface area contributed by atoms with Crippen LogP contribution in [-0.2, 0) is 12.8 Å². The zero-order chi connectivity index (χ0) is 14.0. The third kappa shape index (κ3) is 2.85. The molecule has 2 aromatic rings. The van der Waals surface area contributed by atoms with Crippen LogP contribution in [0.5, 0.6) is 0 Å². The SMILES string of the molecule is Cc1ccc2c(c1)C=CC(C)(CCc1ccccc1)C2. The largest absolute Gasteiger partial charge is 0.0776 e. The number of aryl methyl sites for hydroxylation is 2. The molecule has 0 fully saturated rings. The van der Waals surface area contributed by atoms with Gasteiger partial charge in [0.15, 0.2) is 0 Å². The number of allylic oxidation sites excluding steroid dienone is 1. The van der Waals surface area contributed by atoms with Crippen molar-refractivity contribution in [3.63, 3.8) is 0 Å². The maximum absolute atomic E-state index is 2.41. The van der Waals surface area contributed by atoms with Crippen LogP contribution in [-0.4, -0.2) is 0 Å². The van der Waals surface area contributed by atoms with Crippen molar-refractivity contribution >= 4 is 6.08 Å². The molecule has 0 nitrogen and oxygen atoms in total. The van der Waals surface area contributed by atoms with Crippen LogP contribution >= 0.6 is 0 Å². The van der Waals surface area contributed by atoms with Crippen molar-refractivity contribution < 1.29 is 0 Å². The fourth-order valence-corrected chi connectivity index (χ4v) is 3.06. The Kier molecular flexibility index (Phi) is 3.48. The first-order valence-corrected chi connectivity index (χ1v) is 7.47. The lowest BCUT2D eigenvalue weighted by atomic mass is 9.74. The van der Waals surface area contributed by atoms with Gasteiger partial charge in [-0.05, 0) is 48.3 Å². The predicted molar refractivity (Wildman–Crippen MR) is 86.8 cm³/mol. The molecule has 0 heteroatoms. The van der Waals surface area contributed by atoms with Crippen molar-refractivity contribution in [1.29, 1.82) is 0 Å². The highest BCUT2D eigenvalue weighted by Crippen LogP contribution is 2.36. The third-order valence-corrected chi connectivity index (χ3v) is 4.39. The van der Waals surface area contributed by atoms with E-state index in [-0.39, 0.29) is 5.41 Å². The van der Waals surface area contributed by atoms with E-state index in [4.69, 9.17) is 0 Å². The number of hydrogen-bond donors (Lipinski definition) is 0. The molecule has 0 saturated heterocycles. The van der Waals surface area contributed by atoms with E-state index in [1.54, 1.807) is 0 Å². The van der Waals surface area contributed by atoms with E-state index in [2.05, 4.69) is 74.5 Å². The molecule has 102 valence electrons. The summed E-state index contributed by atoms with van der Waals surface area (Å²) in [6, 6.07) is 17.6. The maximum Gasteiger partial charge on any atom is -0.00995 e. The second kappa shape index (κ2) is 5.28. The van der Waals surface area contributed by atoms with Gasteiger partial charge in [-0.3, -0.25) is 0 Å². The standard InChI is InChI=1S/C20H22/c1-16-8-9-19-15-20(2,13-11-18(19)14-16)12-10-17-6-4-3-5-7-17/h3-9,11,13-14H,10,12,15H2,1-2H3. The first kappa shape index (κ1) is 13.2. The Balaban J connectivity index is 1.74. The van der Waals surface area contributed by atoms with E-state index < -0.39 is 0 Å². The summed E-state index contributed by atoms with van der Waals surface area (Å²) in [5, 5.41) is 0. The van der Waals surface area contributed by atoms with Crippen molar-refractivity contribution in [2.24, 2.45) is 5.41 Å².